The maximum absolute atomic E-state index is 5.86. The van der Waals surface area contributed by atoms with E-state index in [1.165, 1.54) is 18.4 Å². The quantitative estimate of drug-likeness (QED) is 0.759. The summed E-state index contributed by atoms with van der Waals surface area (Å²) >= 11 is 0. The average molecular weight is 191 g/mol. The lowest BCUT2D eigenvalue weighted by Gasteiger charge is -2.18. The van der Waals surface area contributed by atoms with E-state index >= 15 is 0 Å². The second-order valence-electron chi connectivity index (χ2n) is 4.11. The summed E-state index contributed by atoms with van der Waals surface area (Å²) in [6.45, 7) is 4.32. The highest BCUT2D eigenvalue weighted by Gasteiger charge is 2.11. The molecular weight excluding hydrogens is 170 g/mol. The Morgan fingerprint density at radius 2 is 1.86 bits per heavy atom. The first-order valence-electron chi connectivity index (χ1n) is 5.54. The molecule has 2 atom stereocenters. The molecule has 1 aromatic carbocycles. The van der Waals surface area contributed by atoms with Crippen LogP contribution in [0.5, 0.6) is 0 Å². The molecule has 1 rings (SSSR count). The smallest absolute Gasteiger partial charge is 0.00163 e. The maximum atomic E-state index is 5.86. The van der Waals surface area contributed by atoms with Crippen molar-refractivity contribution < 1.29 is 0 Å². The summed E-state index contributed by atoms with van der Waals surface area (Å²) in [5.74, 6) is 0.640. The summed E-state index contributed by atoms with van der Waals surface area (Å²) in [7, 11) is 0. The van der Waals surface area contributed by atoms with Gasteiger partial charge in [-0.1, -0.05) is 43.7 Å². The van der Waals surface area contributed by atoms with Crippen LogP contribution in [0.2, 0.25) is 0 Å². The van der Waals surface area contributed by atoms with E-state index in [1.54, 1.807) is 0 Å². The number of rotatable bonds is 5. The van der Waals surface area contributed by atoms with Gasteiger partial charge < -0.3 is 5.73 Å². The molecule has 0 radical (unpaired) electrons. The van der Waals surface area contributed by atoms with E-state index in [1.807, 2.05) is 0 Å². The molecule has 0 aliphatic carbocycles. The van der Waals surface area contributed by atoms with Crippen LogP contribution in [0.1, 0.15) is 44.6 Å². The zero-order valence-electron chi connectivity index (χ0n) is 9.24. The lowest BCUT2D eigenvalue weighted by molar-refractivity contribution is 0.517. The van der Waals surface area contributed by atoms with Crippen LogP contribution in [0.4, 0.5) is 0 Å². The van der Waals surface area contributed by atoms with Crippen molar-refractivity contribution >= 4 is 0 Å². The van der Waals surface area contributed by atoms with Crippen LogP contribution in [0.25, 0.3) is 0 Å². The van der Waals surface area contributed by atoms with Gasteiger partial charge in [0.2, 0.25) is 0 Å². The minimum absolute atomic E-state index is 0.298. The fraction of sp³-hybridized carbons (Fsp3) is 0.538. The molecule has 1 nitrogen and oxygen atoms in total. The van der Waals surface area contributed by atoms with E-state index in [2.05, 4.69) is 44.2 Å². The lowest BCUT2D eigenvalue weighted by atomic mass is 9.89. The van der Waals surface area contributed by atoms with Gasteiger partial charge in [-0.2, -0.15) is 0 Å². The van der Waals surface area contributed by atoms with Gasteiger partial charge in [0.1, 0.15) is 0 Å². The zero-order chi connectivity index (χ0) is 10.4. The molecule has 2 unspecified atom stereocenters. The van der Waals surface area contributed by atoms with Crippen LogP contribution in [-0.4, -0.2) is 6.04 Å². The predicted molar refractivity (Wildman–Crippen MR) is 62.4 cm³/mol. The Kier molecular flexibility index (Phi) is 4.68. The fourth-order valence-electron chi connectivity index (χ4n) is 1.94. The molecule has 0 aliphatic heterocycles. The molecule has 78 valence electrons. The number of nitrogens with two attached hydrogens (primary N) is 1. The standard InChI is InChI=1S/C13H21N/c1-3-7-13(10-11(2)14)12-8-5-4-6-9-12/h4-6,8-9,11,13H,3,7,10,14H2,1-2H3. The Bertz CT molecular complexity index is 241. The predicted octanol–water partition coefficient (Wildman–Crippen LogP) is 3.31. The van der Waals surface area contributed by atoms with Crippen LogP contribution < -0.4 is 5.73 Å². The molecule has 1 heteroatoms. The third-order valence-electron chi connectivity index (χ3n) is 2.56. The maximum Gasteiger partial charge on any atom is 0.00163 e. The molecule has 0 fully saturated rings. The summed E-state index contributed by atoms with van der Waals surface area (Å²) in [4.78, 5) is 0. The molecule has 0 amide bonds. The normalized spacial score (nSPS) is 15.1. The van der Waals surface area contributed by atoms with Gasteiger partial charge in [0.05, 0.1) is 0 Å². The van der Waals surface area contributed by atoms with Crippen molar-refractivity contribution in [3.63, 3.8) is 0 Å². The Hall–Kier alpha value is -0.820. The highest BCUT2D eigenvalue weighted by molar-refractivity contribution is 5.19. The monoisotopic (exact) mass is 191 g/mol. The van der Waals surface area contributed by atoms with E-state index in [-0.39, 0.29) is 0 Å². The van der Waals surface area contributed by atoms with Gasteiger partial charge in [-0.25, -0.2) is 0 Å². The van der Waals surface area contributed by atoms with Gasteiger partial charge in [-0.3, -0.25) is 0 Å². The molecule has 0 saturated carbocycles. The van der Waals surface area contributed by atoms with Crippen molar-refractivity contribution in [2.24, 2.45) is 5.73 Å². The molecule has 1 aromatic rings. The van der Waals surface area contributed by atoms with Crippen molar-refractivity contribution in [3.05, 3.63) is 35.9 Å². The van der Waals surface area contributed by atoms with Crippen LogP contribution in [-0.2, 0) is 0 Å². The van der Waals surface area contributed by atoms with E-state index in [4.69, 9.17) is 5.73 Å². The third kappa shape index (κ3) is 3.51. The number of hydrogen-bond donors (Lipinski definition) is 1. The van der Waals surface area contributed by atoms with Crippen molar-refractivity contribution in [1.82, 2.24) is 0 Å². The molecule has 0 heterocycles. The minimum atomic E-state index is 0.298. The topological polar surface area (TPSA) is 26.0 Å². The summed E-state index contributed by atoms with van der Waals surface area (Å²) in [5, 5.41) is 0. The van der Waals surface area contributed by atoms with Gasteiger partial charge in [0.25, 0.3) is 0 Å². The van der Waals surface area contributed by atoms with Crippen molar-refractivity contribution in [2.75, 3.05) is 0 Å². The summed E-state index contributed by atoms with van der Waals surface area (Å²) in [6, 6.07) is 11.0. The molecule has 0 bridgehead atoms. The Balaban J connectivity index is 2.67. The van der Waals surface area contributed by atoms with Crippen LogP contribution in [0.3, 0.4) is 0 Å². The molecule has 2 N–H and O–H groups in total. The van der Waals surface area contributed by atoms with Crippen LogP contribution in [0, 0.1) is 0 Å². The summed E-state index contributed by atoms with van der Waals surface area (Å²) < 4.78 is 0. The second-order valence-corrected chi connectivity index (χ2v) is 4.11. The van der Waals surface area contributed by atoms with Crippen LogP contribution in [0.15, 0.2) is 30.3 Å². The van der Waals surface area contributed by atoms with Gasteiger partial charge >= 0.3 is 0 Å². The Labute approximate surface area is 87.3 Å². The lowest BCUT2D eigenvalue weighted by Crippen LogP contribution is -2.18. The Morgan fingerprint density at radius 3 is 2.36 bits per heavy atom. The van der Waals surface area contributed by atoms with Crippen LogP contribution >= 0.6 is 0 Å². The highest BCUT2D eigenvalue weighted by Crippen LogP contribution is 2.25. The SMILES string of the molecule is CCCC(CC(C)N)c1ccccc1. The summed E-state index contributed by atoms with van der Waals surface area (Å²) in [5.41, 5.74) is 7.30. The van der Waals surface area contributed by atoms with E-state index in [0.717, 1.165) is 6.42 Å². The molecule has 0 aromatic heterocycles. The fourth-order valence-corrected chi connectivity index (χ4v) is 1.94. The zero-order valence-corrected chi connectivity index (χ0v) is 9.24. The van der Waals surface area contributed by atoms with Gasteiger partial charge in [-0.15, -0.1) is 0 Å². The van der Waals surface area contributed by atoms with E-state index < -0.39 is 0 Å². The van der Waals surface area contributed by atoms with Crippen molar-refractivity contribution in [2.45, 2.75) is 45.1 Å². The average Bonchev–Trinajstić information content (AvgIpc) is 2.18. The first kappa shape index (κ1) is 11.3. The Morgan fingerprint density at radius 1 is 1.21 bits per heavy atom. The van der Waals surface area contributed by atoms with Crippen molar-refractivity contribution in [1.29, 1.82) is 0 Å². The molecular formula is C13H21N. The highest BCUT2D eigenvalue weighted by atomic mass is 14.6. The minimum Gasteiger partial charge on any atom is -0.328 e. The van der Waals surface area contributed by atoms with Crippen molar-refractivity contribution in [3.8, 4) is 0 Å². The largest absolute Gasteiger partial charge is 0.328 e. The molecule has 0 aliphatic rings. The van der Waals surface area contributed by atoms with Gasteiger partial charge in [0.15, 0.2) is 0 Å². The number of benzene rings is 1. The molecule has 0 saturated heterocycles. The second kappa shape index (κ2) is 5.82. The molecule has 14 heavy (non-hydrogen) atoms. The number of hydrogen-bond acceptors (Lipinski definition) is 1. The summed E-state index contributed by atoms with van der Waals surface area (Å²) in [6.07, 6.45) is 3.57. The molecule has 0 spiro atoms. The first-order valence-corrected chi connectivity index (χ1v) is 5.54. The van der Waals surface area contributed by atoms with Gasteiger partial charge in [0, 0.05) is 6.04 Å². The first-order chi connectivity index (χ1) is 6.74. The third-order valence-corrected chi connectivity index (χ3v) is 2.56. The van der Waals surface area contributed by atoms with E-state index in [0.29, 0.717) is 12.0 Å². The van der Waals surface area contributed by atoms with Gasteiger partial charge in [-0.05, 0) is 31.2 Å². The van der Waals surface area contributed by atoms with E-state index in [9.17, 15) is 0 Å².